The van der Waals surface area contributed by atoms with E-state index in [-0.39, 0.29) is 18.7 Å². The molecule has 1 aromatic carbocycles. The van der Waals surface area contributed by atoms with Gasteiger partial charge in [-0.25, -0.2) is 0 Å². The quantitative estimate of drug-likeness (QED) is 0.537. The van der Waals surface area contributed by atoms with Crippen LogP contribution >= 0.6 is 11.6 Å². The predicted octanol–water partition coefficient (Wildman–Crippen LogP) is 2.41. The number of hydrazine groups is 1. The van der Waals surface area contributed by atoms with Crippen molar-refractivity contribution in [3.8, 4) is 0 Å². The van der Waals surface area contributed by atoms with Gasteiger partial charge in [-0.15, -0.1) is 0 Å². The normalized spacial score (nSPS) is 18.8. The van der Waals surface area contributed by atoms with E-state index in [1.807, 2.05) is 0 Å². The number of nitrogens with one attached hydrogen (secondary N) is 3. The Balaban J connectivity index is 1.76. The summed E-state index contributed by atoms with van der Waals surface area (Å²) in [7, 11) is 0. The summed E-state index contributed by atoms with van der Waals surface area (Å²) in [6, 6.07) is 5.13. The second-order valence-corrected chi connectivity index (χ2v) is 7.24. The van der Waals surface area contributed by atoms with Gasteiger partial charge in [-0.05, 0) is 37.5 Å². The molecule has 9 heteroatoms. The molecule has 1 saturated carbocycles. The number of halogens is 1. The number of anilines is 1. The zero-order valence-electron chi connectivity index (χ0n) is 15.6. The van der Waals surface area contributed by atoms with Crippen LogP contribution < -0.4 is 16.2 Å². The van der Waals surface area contributed by atoms with Gasteiger partial charge in [0.15, 0.2) is 0 Å². The zero-order valence-corrected chi connectivity index (χ0v) is 16.3. The number of hydrogen-bond donors (Lipinski definition) is 4. The first-order chi connectivity index (χ1) is 13.3. The lowest BCUT2D eigenvalue weighted by molar-refractivity contribution is -0.149. The molecular weight excluding hydrogens is 386 g/mol. The molecule has 8 nitrogen and oxygen atoms in total. The molecule has 0 radical (unpaired) electrons. The molecule has 1 aliphatic carbocycles. The molecule has 2 rings (SSSR count). The Morgan fingerprint density at radius 2 is 1.68 bits per heavy atom. The molecule has 3 amide bonds. The molecule has 28 heavy (non-hydrogen) atoms. The van der Waals surface area contributed by atoms with Crippen molar-refractivity contribution in [1.82, 2.24) is 10.9 Å². The molecule has 2 atom stereocenters. The predicted molar refractivity (Wildman–Crippen MR) is 103 cm³/mol. The van der Waals surface area contributed by atoms with E-state index in [1.165, 1.54) is 0 Å². The standard InChI is InChI=1S/C19H24ClN3O5/c1-11-14(20)7-4-8-15(11)21-16(24)9-10-17(25)22-23-18(26)12-5-2-3-6-13(12)19(27)28/h4,7-8,12-13H,2-3,5-6,9-10H2,1H3,(H,21,24)(H,22,25)(H,23,26)(H,27,28)/t12-,13-/m0/s1. The lowest BCUT2D eigenvalue weighted by Gasteiger charge is -2.27. The Kier molecular flexibility index (Phi) is 7.80. The molecule has 0 unspecified atom stereocenters. The molecular formula is C19H24ClN3O5. The molecule has 152 valence electrons. The average molecular weight is 410 g/mol. The number of carboxylic acids is 1. The maximum Gasteiger partial charge on any atom is 0.307 e. The maximum absolute atomic E-state index is 12.2. The summed E-state index contributed by atoms with van der Waals surface area (Å²) in [5.74, 6) is -3.81. The summed E-state index contributed by atoms with van der Waals surface area (Å²) >= 11 is 6.00. The number of rotatable bonds is 6. The third-order valence-electron chi connectivity index (χ3n) is 4.87. The van der Waals surface area contributed by atoms with Crippen molar-refractivity contribution in [2.75, 3.05) is 5.32 Å². The van der Waals surface area contributed by atoms with Crippen LogP contribution in [0.3, 0.4) is 0 Å². The lowest BCUT2D eigenvalue weighted by Crippen LogP contribution is -2.48. The third kappa shape index (κ3) is 5.95. The molecule has 0 bridgehead atoms. The highest BCUT2D eigenvalue weighted by Gasteiger charge is 2.35. The van der Waals surface area contributed by atoms with Crippen molar-refractivity contribution in [1.29, 1.82) is 0 Å². The number of carboxylic acid groups (broad SMARTS) is 1. The summed E-state index contributed by atoms with van der Waals surface area (Å²) in [4.78, 5) is 47.3. The topological polar surface area (TPSA) is 125 Å². The van der Waals surface area contributed by atoms with Gasteiger partial charge >= 0.3 is 5.97 Å². The number of carbonyl (C=O) groups excluding carboxylic acids is 3. The number of aliphatic carboxylic acids is 1. The van der Waals surface area contributed by atoms with Crippen LogP contribution in [0.2, 0.25) is 5.02 Å². The summed E-state index contributed by atoms with van der Waals surface area (Å²) < 4.78 is 0. The fraction of sp³-hybridized carbons (Fsp3) is 0.474. The number of carbonyl (C=O) groups is 4. The third-order valence-corrected chi connectivity index (χ3v) is 5.28. The molecule has 0 saturated heterocycles. The van der Waals surface area contributed by atoms with Crippen LogP contribution in [-0.2, 0) is 19.2 Å². The van der Waals surface area contributed by atoms with E-state index in [9.17, 15) is 24.3 Å². The Morgan fingerprint density at radius 1 is 1.04 bits per heavy atom. The summed E-state index contributed by atoms with van der Waals surface area (Å²) in [5.41, 5.74) is 5.83. The monoisotopic (exact) mass is 409 g/mol. The van der Waals surface area contributed by atoms with E-state index in [0.717, 1.165) is 18.4 Å². The lowest BCUT2D eigenvalue weighted by atomic mass is 9.79. The summed E-state index contributed by atoms with van der Waals surface area (Å²) in [6.45, 7) is 1.77. The van der Waals surface area contributed by atoms with Crippen molar-refractivity contribution in [3.63, 3.8) is 0 Å². The van der Waals surface area contributed by atoms with Gasteiger partial charge in [-0.1, -0.05) is 30.5 Å². The molecule has 0 aromatic heterocycles. The van der Waals surface area contributed by atoms with Gasteiger partial charge in [0.05, 0.1) is 11.8 Å². The van der Waals surface area contributed by atoms with E-state index in [2.05, 4.69) is 16.2 Å². The molecule has 0 heterocycles. The van der Waals surface area contributed by atoms with Crippen molar-refractivity contribution < 1.29 is 24.3 Å². The van der Waals surface area contributed by atoms with Crippen molar-refractivity contribution in [2.24, 2.45) is 11.8 Å². The SMILES string of the molecule is Cc1c(Cl)cccc1NC(=O)CCC(=O)NNC(=O)[C@H]1CCCC[C@@H]1C(=O)O. The minimum Gasteiger partial charge on any atom is -0.481 e. The van der Waals surface area contributed by atoms with Crippen LogP contribution in [-0.4, -0.2) is 28.8 Å². The second-order valence-electron chi connectivity index (χ2n) is 6.83. The van der Waals surface area contributed by atoms with Crippen LogP contribution in [0.15, 0.2) is 18.2 Å². The van der Waals surface area contributed by atoms with Crippen molar-refractivity contribution in [2.45, 2.75) is 45.4 Å². The van der Waals surface area contributed by atoms with Crippen LogP contribution in [0.25, 0.3) is 0 Å². The largest absolute Gasteiger partial charge is 0.481 e. The van der Waals surface area contributed by atoms with Crippen molar-refractivity contribution >= 4 is 41.0 Å². The van der Waals surface area contributed by atoms with E-state index < -0.39 is 29.6 Å². The van der Waals surface area contributed by atoms with E-state index in [4.69, 9.17) is 11.6 Å². The van der Waals surface area contributed by atoms with Crippen LogP contribution in [0.5, 0.6) is 0 Å². The Labute approximate surface area is 168 Å². The summed E-state index contributed by atoms with van der Waals surface area (Å²) in [5, 5.41) is 12.4. The first kappa shape index (κ1) is 21.7. The first-order valence-electron chi connectivity index (χ1n) is 9.16. The van der Waals surface area contributed by atoms with Crippen LogP contribution in [0.4, 0.5) is 5.69 Å². The Morgan fingerprint density at radius 3 is 2.36 bits per heavy atom. The smallest absolute Gasteiger partial charge is 0.307 e. The van der Waals surface area contributed by atoms with Gasteiger partial charge in [-0.2, -0.15) is 0 Å². The molecule has 1 fully saturated rings. The fourth-order valence-corrected chi connectivity index (χ4v) is 3.38. The van der Waals surface area contributed by atoms with Gasteiger partial charge in [0.1, 0.15) is 0 Å². The molecule has 4 N–H and O–H groups in total. The zero-order chi connectivity index (χ0) is 20.7. The van der Waals surface area contributed by atoms with E-state index >= 15 is 0 Å². The van der Waals surface area contributed by atoms with E-state index in [0.29, 0.717) is 23.6 Å². The van der Waals surface area contributed by atoms with Crippen molar-refractivity contribution in [3.05, 3.63) is 28.8 Å². The minimum absolute atomic E-state index is 0.0746. The van der Waals surface area contributed by atoms with Gasteiger partial charge in [-0.3, -0.25) is 30.0 Å². The number of benzene rings is 1. The molecule has 0 spiro atoms. The first-order valence-corrected chi connectivity index (χ1v) is 9.54. The molecule has 1 aliphatic rings. The van der Waals surface area contributed by atoms with E-state index in [1.54, 1.807) is 25.1 Å². The highest BCUT2D eigenvalue weighted by atomic mass is 35.5. The van der Waals surface area contributed by atoms with Gasteiger partial charge in [0.25, 0.3) is 0 Å². The average Bonchev–Trinajstić information content (AvgIpc) is 2.68. The molecule has 0 aliphatic heterocycles. The van der Waals surface area contributed by atoms with Gasteiger partial charge in [0, 0.05) is 23.6 Å². The Hall–Kier alpha value is -2.61. The highest BCUT2D eigenvalue weighted by Crippen LogP contribution is 2.30. The second kappa shape index (κ2) is 10.1. The molecule has 1 aromatic rings. The van der Waals surface area contributed by atoms with Gasteiger partial charge in [0.2, 0.25) is 17.7 Å². The van der Waals surface area contributed by atoms with Gasteiger partial charge < -0.3 is 10.4 Å². The summed E-state index contributed by atoms with van der Waals surface area (Å²) in [6.07, 6.45) is 2.27. The highest BCUT2D eigenvalue weighted by molar-refractivity contribution is 6.31. The maximum atomic E-state index is 12.2. The fourth-order valence-electron chi connectivity index (χ4n) is 3.21. The Bertz CT molecular complexity index is 768. The number of amides is 3. The van der Waals surface area contributed by atoms with Crippen LogP contribution in [0.1, 0.15) is 44.1 Å². The number of hydrogen-bond acceptors (Lipinski definition) is 4. The van der Waals surface area contributed by atoms with Crippen LogP contribution in [0, 0.1) is 18.8 Å². The minimum atomic E-state index is -1.00.